The fourth-order valence-electron chi connectivity index (χ4n) is 4.60. The van der Waals surface area contributed by atoms with E-state index in [1.807, 2.05) is 30.1 Å². The lowest BCUT2D eigenvalue weighted by molar-refractivity contribution is -0.145. The van der Waals surface area contributed by atoms with Gasteiger partial charge in [-0.3, -0.25) is 14.6 Å². The number of carbonyl (C=O) groups excluding carboxylic acids is 2. The highest BCUT2D eigenvalue weighted by Crippen LogP contribution is 2.28. The molecule has 2 amide bonds. The van der Waals surface area contributed by atoms with E-state index in [9.17, 15) is 14.0 Å². The maximum Gasteiger partial charge on any atom is 0.257 e. The number of nitrogens with one attached hydrogen (secondary N) is 1. The van der Waals surface area contributed by atoms with E-state index in [4.69, 9.17) is 4.52 Å². The molecule has 0 unspecified atom stereocenters. The zero-order valence-corrected chi connectivity index (χ0v) is 22.5. The number of aromatic nitrogens is 2. The van der Waals surface area contributed by atoms with Crippen molar-refractivity contribution in [1.82, 2.24) is 25.5 Å². The van der Waals surface area contributed by atoms with Gasteiger partial charge in [0.1, 0.15) is 5.82 Å². The molecule has 0 saturated carbocycles. The first-order chi connectivity index (χ1) is 18.2. The fraction of sp³-hybridized carbons (Fsp3) is 0.429. The van der Waals surface area contributed by atoms with Crippen LogP contribution in [0.15, 0.2) is 40.9 Å². The molecule has 2 heterocycles. The molecule has 0 bridgehead atoms. The van der Waals surface area contributed by atoms with Crippen molar-refractivity contribution in [3.63, 3.8) is 0 Å². The number of rotatable bonds is 11. The summed E-state index contributed by atoms with van der Waals surface area (Å²) in [5, 5.41) is 10.3. The van der Waals surface area contributed by atoms with Crippen molar-refractivity contribution >= 4 is 17.5 Å². The van der Waals surface area contributed by atoms with Crippen molar-refractivity contribution in [3.05, 3.63) is 64.7 Å². The molecule has 10 heteroatoms. The molecule has 2 aromatic carbocycles. The Hall–Kier alpha value is -3.79. The van der Waals surface area contributed by atoms with Crippen molar-refractivity contribution in [1.29, 1.82) is 0 Å². The molecule has 0 aliphatic carbocycles. The monoisotopic (exact) mass is 522 g/mol. The summed E-state index contributed by atoms with van der Waals surface area (Å²) in [5.74, 6) is 0.358. The van der Waals surface area contributed by atoms with Gasteiger partial charge in [-0.25, -0.2) is 9.40 Å². The van der Waals surface area contributed by atoms with Crippen molar-refractivity contribution < 1.29 is 18.5 Å². The Morgan fingerprint density at radius 2 is 1.87 bits per heavy atom. The summed E-state index contributed by atoms with van der Waals surface area (Å²) in [6, 6.07) is 10.3. The van der Waals surface area contributed by atoms with Crippen LogP contribution in [0.3, 0.4) is 0 Å². The van der Waals surface area contributed by atoms with Crippen LogP contribution in [-0.4, -0.2) is 58.7 Å². The van der Waals surface area contributed by atoms with Gasteiger partial charge in [-0.1, -0.05) is 31.0 Å². The number of likely N-dealkylation sites (N-methyl/N-ethyl adjacent to an activating group) is 1. The molecule has 3 aromatic rings. The summed E-state index contributed by atoms with van der Waals surface area (Å²) in [6.07, 6.45) is 3.03. The first-order valence-electron chi connectivity index (χ1n) is 13.0. The largest absolute Gasteiger partial charge is 0.355 e. The van der Waals surface area contributed by atoms with Crippen molar-refractivity contribution in [2.45, 2.75) is 53.1 Å². The van der Waals surface area contributed by atoms with Crippen LogP contribution in [0.1, 0.15) is 48.7 Å². The lowest BCUT2D eigenvalue weighted by atomic mass is 10.1. The highest BCUT2D eigenvalue weighted by atomic mass is 19.1. The normalized spacial score (nSPS) is 12.9. The molecule has 0 saturated heterocycles. The summed E-state index contributed by atoms with van der Waals surface area (Å²) in [5.41, 5.74) is 4.27. The molecule has 1 aliphatic rings. The van der Waals surface area contributed by atoms with Crippen molar-refractivity contribution in [3.8, 4) is 11.5 Å². The molecule has 1 aliphatic heterocycles. The summed E-state index contributed by atoms with van der Waals surface area (Å²) in [6.45, 7) is 7.41. The molecule has 0 spiro atoms. The van der Waals surface area contributed by atoms with E-state index in [-0.39, 0.29) is 30.7 Å². The minimum Gasteiger partial charge on any atom is -0.355 e. The van der Waals surface area contributed by atoms with Gasteiger partial charge in [0.05, 0.1) is 13.1 Å². The van der Waals surface area contributed by atoms with E-state index < -0.39 is 0 Å². The van der Waals surface area contributed by atoms with Gasteiger partial charge >= 0.3 is 0 Å². The first-order valence-corrected chi connectivity index (χ1v) is 13.0. The average Bonchev–Trinajstić information content (AvgIpc) is 3.51. The van der Waals surface area contributed by atoms with E-state index in [2.05, 4.69) is 22.4 Å². The number of aryl methyl sites for hydroxylation is 2. The smallest absolute Gasteiger partial charge is 0.257 e. The standard InChI is InChI=1S/C28H35FN6O3/c1-5-6-7-12-30-26(36)17-34(25-11-9-21(13-19(25)2)28-31-20(3)32-38-28)18-27(37)33(4)35-15-22-8-10-24(29)14-23(22)16-35/h8-11,13-14H,5-7,12,15-18H2,1-4H3,(H,30,36). The second-order valence-corrected chi connectivity index (χ2v) is 9.71. The van der Waals surface area contributed by atoms with E-state index in [0.717, 1.165) is 47.2 Å². The van der Waals surface area contributed by atoms with Crippen LogP contribution in [0.25, 0.3) is 11.5 Å². The number of carbonyl (C=O) groups is 2. The number of nitrogens with zero attached hydrogens (tertiary/aromatic N) is 5. The Bertz CT molecular complexity index is 1290. The number of anilines is 1. The van der Waals surface area contributed by atoms with Gasteiger partial charge in [-0.05, 0) is 67.3 Å². The van der Waals surface area contributed by atoms with Gasteiger partial charge in [-0.15, -0.1) is 0 Å². The number of fused-ring (bicyclic) bond motifs is 1. The van der Waals surface area contributed by atoms with E-state index in [1.54, 1.807) is 29.9 Å². The number of hydrogen-bond acceptors (Lipinski definition) is 7. The van der Waals surface area contributed by atoms with E-state index >= 15 is 0 Å². The Balaban J connectivity index is 1.50. The predicted octanol–water partition coefficient (Wildman–Crippen LogP) is 3.99. The van der Waals surface area contributed by atoms with E-state index in [0.29, 0.717) is 31.3 Å². The van der Waals surface area contributed by atoms with Crippen molar-refractivity contribution in [2.24, 2.45) is 0 Å². The Kier molecular flexibility index (Phi) is 8.73. The predicted molar refractivity (Wildman–Crippen MR) is 142 cm³/mol. The minimum absolute atomic E-state index is 0.0000608. The fourth-order valence-corrected chi connectivity index (χ4v) is 4.60. The molecule has 38 heavy (non-hydrogen) atoms. The van der Waals surface area contributed by atoms with Gasteiger partial charge in [0.25, 0.3) is 11.8 Å². The molecule has 4 rings (SSSR count). The topological polar surface area (TPSA) is 94.8 Å². The SMILES string of the molecule is CCCCCNC(=O)CN(CC(=O)N(C)N1Cc2ccc(F)cc2C1)c1ccc(-c2nc(C)no2)cc1C. The second-order valence-electron chi connectivity index (χ2n) is 9.71. The Morgan fingerprint density at radius 1 is 1.08 bits per heavy atom. The van der Waals surface area contributed by atoms with Crippen LogP contribution in [0.4, 0.5) is 10.1 Å². The first kappa shape index (κ1) is 27.3. The average molecular weight is 523 g/mol. The quantitative estimate of drug-likeness (QED) is 0.381. The molecule has 202 valence electrons. The van der Waals surface area contributed by atoms with Gasteiger partial charge in [-0.2, -0.15) is 4.98 Å². The van der Waals surface area contributed by atoms with Gasteiger partial charge in [0.15, 0.2) is 5.82 Å². The highest BCUT2D eigenvalue weighted by molar-refractivity contribution is 5.87. The molecule has 0 radical (unpaired) electrons. The van der Waals surface area contributed by atoms with Gasteiger partial charge in [0.2, 0.25) is 5.91 Å². The minimum atomic E-state index is -0.287. The zero-order chi connectivity index (χ0) is 27.2. The second kappa shape index (κ2) is 12.2. The molecular weight excluding hydrogens is 487 g/mol. The van der Waals surface area contributed by atoms with E-state index in [1.165, 1.54) is 12.1 Å². The summed E-state index contributed by atoms with van der Waals surface area (Å²) in [4.78, 5) is 32.3. The molecule has 0 fully saturated rings. The third-order valence-corrected chi connectivity index (χ3v) is 6.73. The van der Waals surface area contributed by atoms with Crippen LogP contribution >= 0.6 is 0 Å². The van der Waals surface area contributed by atoms with Crippen LogP contribution < -0.4 is 10.2 Å². The summed E-state index contributed by atoms with van der Waals surface area (Å²) >= 11 is 0. The lowest BCUT2D eigenvalue weighted by Gasteiger charge is -2.32. The number of benzene rings is 2. The summed E-state index contributed by atoms with van der Waals surface area (Å²) in [7, 11) is 1.71. The maximum absolute atomic E-state index is 13.7. The summed E-state index contributed by atoms with van der Waals surface area (Å²) < 4.78 is 19.0. The molecule has 1 aromatic heterocycles. The third kappa shape index (κ3) is 6.55. The number of unbranched alkanes of at least 4 members (excludes halogenated alkanes) is 2. The van der Waals surface area contributed by atoms with Crippen LogP contribution in [0, 0.1) is 19.7 Å². The Morgan fingerprint density at radius 3 is 2.58 bits per heavy atom. The zero-order valence-electron chi connectivity index (χ0n) is 22.5. The number of amides is 2. The number of hydrogen-bond donors (Lipinski definition) is 1. The highest BCUT2D eigenvalue weighted by Gasteiger charge is 2.27. The van der Waals surface area contributed by atoms with Crippen LogP contribution in [0.5, 0.6) is 0 Å². The molecule has 9 nitrogen and oxygen atoms in total. The van der Waals surface area contributed by atoms with Gasteiger partial charge in [0, 0.05) is 37.9 Å². The van der Waals surface area contributed by atoms with Gasteiger partial charge < -0.3 is 14.7 Å². The molecule has 0 atom stereocenters. The molecule has 1 N–H and O–H groups in total. The number of hydrazine groups is 1. The maximum atomic E-state index is 13.7. The third-order valence-electron chi connectivity index (χ3n) is 6.73. The van der Waals surface area contributed by atoms with Crippen LogP contribution in [-0.2, 0) is 22.7 Å². The Labute approximate surface area is 222 Å². The number of halogens is 1. The lowest BCUT2D eigenvalue weighted by Crippen LogP contribution is -2.48. The molecular formula is C28H35FN6O3. The van der Waals surface area contributed by atoms with Crippen molar-refractivity contribution in [2.75, 3.05) is 31.6 Å². The van der Waals surface area contributed by atoms with Crippen LogP contribution in [0.2, 0.25) is 0 Å².